The van der Waals surface area contributed by atoms with E-state index in [0.29, 0.717) is 11.6 Å². The smallest absolute Gasteiger partial charge is 0.347 e. The van der Waals surface area contributed by atoms with Gasteiger partial charge in [-0.25, -0.2) is 14.5 Å². The number of piperazine rings is 1. The lowest BCUT2D eigenvalue weighted by atomic mass is 10.2. The van der Waals surface area contributed by atoms with Gasteiger partial charge < -0.3 is 14.9 Å². The quantitative estimate of drug-likeness (QED) is 0.754. The molecule has 0 unspecified atom stereocenters. The number of aromatic amines is 1. The molecule has 0 bridgehead atoms. The number of aryl methyl sites for hydroxylation is 1. The molecule has 0 saturated carbocycles. The molecule has 1 fully saturated rings. The molecule has 2 heterocycles. The van der Waals surface area contributed by atoms with E-state index in [4.69, 9.17) is 0 Å². The fraction of sp³-hybridized carbons (Fsp3) is 0.263. The van der Waals surface area contributed by atoms with E-state index < -0.39 is 0 Å². The van der Waals surface area contributed by atoms with Gasteiger partial charge in [0, 0.05) is 37.6 Å². The summed E-state index contributed by atoms with van der Waals surface area (Å²) in [7, 11) is 0. The fourth-order valence-electron chi connectivity index (χ4n) is 3.38. The Morgan fingerprint density at radius 1 is 0.846 bits per heavy atom. The molecule has 2 N–H and O–H groups in total. The van der Waals surface area contributed by atoms with Gasteiger partial charge in [-0.3, -0.25) is 0 Å². The number of rotatable bonds is 3. The highest BCUT2D eigenvalue weighted by Crippen LogP contribution is 2.23. The first-order chi connectivity index (χ1) is 12.6. The molecule has 2 aromatic carbocycles. The number of nitrogens with one attached hydrogen (secondary N) is 1. The van der Waals surface area contributed by atoms with E-state index in [9.17, 15) is 9.90 Å². The summed E-state index contributed by atoms with van der Waals surface area (Å²) >= 11 is 0. The molecule has 7 heteroatoms. The number of benzene rings is 2. The van der Waals surface area contributed by atoms with Crippen molar-refractivity contribution in [3.05, 3.63) is 64.8 Å². The van der Waals surface area contributed by atoms with Crippen molar-refractivity contribution in [1.29, 1.82) is 0 Å². The van der Waals surface area contributed by atoms with Gasteiger partial charge in [-0.15, -0.1) is 0 Å². The number of hydrogen-bond donors (Lipinski definition) is 2. The lowest BCUT2D eigenvalue weighted by Gasteiger charge is -2.37. The molecule has 1 aromatic heterocycles. The third kappa shape index (κ3) is 3.03. The van der Waals surface area contributed by atoms with E-state index in [1.807, 2.05) is 36.4 Å². The van der Waals surface area contributed by atoms with Crippen LogP contribution in [-0.2, 0) is 0 Å². The summed E-state index contributed by atoms with van der Waals surface area (Å²) in [5.74, 6) is 0.935. The average molecular weight is 351 g/mol. The third-order valence-electron chi connectivity index (χ3n) is 4.81. The molecule has 4 rings (SSSR count). The largest absolute Gasteiger partial charge is 0.508 e. The highest BCUT2D eigenvalue weighted by atomic mass is 16.3. The van der Waals surface area contributed by atoms with Gasteiger partial charge in [-0.1, -0.05) is 0 Å². The summed E-state index contributed by atoms with van der Waals surface area (Å²) in [6, 6.07) is 15.3. The molecule has 26 heavy (non-hydrogen) atoms. The number of H-pyrrole nitrogens is 1. The summed E-state index contributed by atoms with van der Waals surface area (Å²) in [5, 5.41) is 15.8. The molecule has 3 aromatic rings. The van der Waals surface area contributed by atoms with Gasteiger partial charge in [0.05, 0.1) is 5.69 Å². The Morgan fingerprint density at radius 3 is 1.77 bits per heavy atom. The number of hydrogen-bond acceptors (Lipinski definition) is 5. The Labute approximate surface area is 151 Å². The van der Waals surface area contributed by atoms with E-state index in [1.54, 1.807) is 23.6 Å². The van der Waals surface area contributed by atoms with E-state index in [2.05, 4.69) is 20.0 Å². The predicted octanol–water partition coefficient (Wildman–Crippen LogP) is 1.90. The number of anilines is 2. The van der Waals surface area contributed by atoms with Gasteiger partial charge in [-0.2, -0.15) is 5.10 Å². The molecular formula is C19H21N5O2. The molecular weight excluding hydrogens is 330 g/mol. The summed E-state index contributed by atoms with van der Waals surface area (Å²) in [6.07, 6.45) is 0. The highest BCUT2D eigenvalue weighted by molar-refractivity contribution is 5.54. The maximum Gasteiger partial charge on any atom is 0.347 e. The van der Waals surface area contributed by atoms with Crippen molar-refractivity contribution >= 4 is 11.4 Å². The first-order valence-electron chi connectivity index (χ1n) is 8.65. The van der Waals surface area contributed by atoms with Crippen molar-refractivity contribution in [2.24, 2.45) is 0 Å². The minimum absolute atomic E-state index is 0.224. The number of aromatic nitrogens is 3. The van der Waals surface area contributed by atoms with Crippen molar-refractivity contribution in [3.63, 3.8) is 0 Å². The topological polar surface area (TPSA) is 77.4 Å². The fourth-order valence-corrected chi connectivity index (χ4v) is 3.38. The maximum absolute atomic E-state index is 11.8. The number of phenols is 1. The zero-order valence-electron chi connectivity index (χ0n) is 14.6. The van der Waals surface area contributed by atoms with Crippen LogP contribution >= 0.6 is 0 Å². The van der Waals surface area contributed by atoms with Crippen molar-refractivity contribution in [2.45, 2.75) is 6.92 Å². The van der Waals surface area contributed by atoms with Gasteiger partial charge in [0.1, 0.15) is 11.6 Å². The number of nitrogens with zero attached hydrogens (tertiary/aromatic N) is 4. The summed E-state index contributed by atoms with van der Waals surface area (Å²) < 4.78 is 1.56. The second-order valence-electron chi connectivity index (χ2n) is 6.42. The zero-order chi connectivity index (χ0) is 18.1. The molecule has 1 saturated heterocycles. The second kappa shape index (κ2) is 6.59. The summed E-state index contributed by atoms with van der Waals surface area (Å²) in [6.45, 7) is 5.49. The van der Waals surface area contributed by atoms with Crippen LogP contribution in [0.25, 0.3) is 5.69 Å². The minimum Gasteiger partial charge on any atom is -0.508 e. The van der Waals surface area contributed by atoms with Crippen LogP contribution in [0.3, 0.4) is 0 Å². The van der Waals surface area contributed by atoms with Crippen LogP contribution in [0.5, 0.6) is 5.75 Å². The van der Waals surface area contributed by atoms with Crippen LogP contribution in [0.4, 0.5) is 11.4 Å². The molecule has 0 atom stereocenters. The molecule has 0 spiro atoms. The van der Waals surface area contributed by atoms with Crippen LogP contribution in [0, 0.1) is 6.92 Å². The van der Waals surface area contributed by atoms with Crippen molar-refractivity contribution in [1.82, 2.24) is 14.8 Å². The van der Waals surface area contributed by atoms with Crippen molar-refractivity contribution < 1.29 is 5.11 Å². The average Bonchev–Trinajstić information content (AvgIpc) is 3.01. The standard InChI is InChI=1S/C19H21N5O2/c1-14-20-21-19(26)24(14)17-4-2-15(3-5-17)22-10-12-23(13-11-22)16-6-8-18(25)9-7-16/h2-9,25H,10-13H2,1H3,(H,21,26). The second-order valence-corrected chi connectivity index (χ2v) is 6.42. The molecule has 7 nitrogen and oxygen atoms in total. The van der Waals surface area contributed by atoms with Crippen LogP contribution in [0.15, 0.2) is 53.3 Å². The Bertz CT molecular complexity index is 935. The third-order valence-corrected chi connectivity index (χ3v) is 4.81. The van der Waals surface area contributed by atoms with Crippen molar-refractivity contribution in [2.75, 3.05) is 36.0 Å². The van der Waals surface area contributed by atoms with Crippen LogP contribution in [0.2, 0.25) is 0 Å². The van der Waals surface area contributed by atoms with Gasteiger partial charge in [0.15, 0.2) is 0 Å². The number of aromatic hydroxyl groups is 1. The van der Waals surface area contributed by atoms with Gasteiger partial charge in [0.2, 0.25) is 0 Å². The van der Waals surface area contributed by atoms with Crippen LogP contribution in [-0.4, -0.2) is 46.1 Å². The molecule has 0 amide bonds. The zero-order valence-corrected chi connectivity index (χ0v) is 14.6. The van der Waals surface area contributed by atoms with Gasteiger partial charge in [-0.05, 0) is 55.5 Å². The van der Waals surface area contributed by atoms with Gasteiger partial charge in [0.25, 0.3) is 0 Å². The highest BCUT2D eigenvalue weighted by Gasteiger charge is 2.18. The van der Waals surface area contributed by atoms with Crippen LogP contribution in [0.1, 0.15) is 5.82 Å². The van der Waals surface area contributed by atoms with Crippen molar-refractivity contribution in [3.8, 4) is 11.4 Å². The summed E-state index contributed by atoms with van der Waals surface area (Å²) in [5.41, 5.74) is 2.87. The minimum atomic E-state index is -0.224. The van der Waals surface area contributed by atoms with E-state index in [-0.39, 0.29) is 5.69 Å². The first kappa shape index (κ1) is 16.3. The maximum atomic E-state index is 11.8. The van der Waals surface area contributed by atoms with Gasteiger partial charge >= 0.3 is 5.69 Å². The lowest BCUT2D eigenvalue weighted by Crippen LogP contribution is -2.46. The normalized spacial score (nSPS) is 14.7. The monoisotopic (exact) mass is 351 g/mol. The van der Waals surface area contributed by atoms with E-state index in [0.717, 1.165) is 43.2 Å². The molecule has 134 valence electrons. The van der Waals surface area contributed by atoms with E-state index >= 15 is 0 Å². The Morgan fingerprint density at radius 2 is 1.31 bits per heavy atom. The van der Waals surface area contributed by atoms with Crippen LogP contribution < -0.4 is 15.5 Å². The number of phenolic OH excluding ortho intramolecular Hbond substituents is 1. The lowest BCUT2D eigenvalue weighted by molar-refractivity contribution is 0.475. The SMILES string of the molecule is Cc1n[nH]c(=O)n1-c1ccc(N2CCN(c3ccc(O)cc3)CC2)cc1. The Kier molecular flexibility index (Phi) is 4.12. The Hall–Kier alpha value is -3.22. The first-order valence-corrected chi connectivity index (χ1v) is 8.65. The molecule has 0 radical (unpaired) electrons. The molecule has 0 aliphatic carbocycles. The Balaban J connectivity index is 1.45. The molecule has 1 aliphatic heterocycles. The summed E-state index contributed by atoms with van der Waals surface area (Å²) in [4.78, 5) is 16.5. The predicted molar refractivity (Wildman–Crippen MR) is 101 cm³/mol. The molecule has 1 aliphatic rings. The van der Waals surface area contributed by atoms with E-state index in [1.165, 1.54) is 0 Å².